The number of benzene rings is 3. The van der Waals surface area contributed by atoms with Crippen molar-refractivity contribution < 1.29 is 13.2 Å². The summed E-state index contributed by atoms with van der Waals surface area (Å²) in [5, 5.41) is 3.25. The van der Waals surface area contributed by atoms with Gasteiger partial charge in [-0.1, -0.05) is 82.7 Å². The Hall–Kier alpha value is -2.48. The predicted octanol–water partition coefficient (Wildman–Crippen LogP) is 5.21. The van der Waals surface area contributed by atoms with Crippen LogP contribution in [0.5, 0.6) is 0 Å². The summed E-state index contributed by atoms with van der Waals surface area (Å²) in [6.45, 7) is 2.76. The van der Waals surface area contributed by atoms with Crippen molar-refractivity contribution in [3.05, 3.63) is 106 Å². The third-order valence-corrected chi connectivity index (χ3v) is 8.72. The summed E-state index contributed by atoms with van der Waals surface area (Å²) in [6.07, 6.45) is 1.03. The molecule has 0 unspecified atom stereocenters. The Kier molecular flexibility index (Phi) is 7.86. The highest BCUT2D eigenvalue weighted by Crippen LogP contribution is 2.28. The molecule has 1 atom stereocenters. The number of sulfonamides is 1. The molecule has 1 aliphatic heterocycles. The number of hydrogen-bond donors (Lipinski definition) is 1. The molecule has 0 saturated carbocycles. The van der Waals surface area contributed by atoms with Gasteiger partial charge in [0.25, 0.3) is 0 Å². The van der Waals surface area contributed by atoms with Gasteiger partial charge in [-0.15, -0.1) is 0 Å². The fraction of sp³-hybridized carbons (Fsp3) is 0.296. The Morgan fingerprint density at radius 3 is 2.35 bits per heavy atom. The highest BCUT2D eigenvalue weighted by molar-refractivity contribution is 9.10. The van der Waals surface area contributed by atoms with Crippen molar-refractivity contribution >= 4 is 31.9 Å². The molecule has 3 aromatic carbocycles. The highest BCUT2D eigenvalue weighted by atomic mass is 79.9. The maximum atomic E-state index is 13.3. The molecule has 0 aromatic heterocycles. The van der Waals surface area contributed by atoms with E-state index in [1.54, 1.807) is 0 Å². The third kappa shape index (κ3) is 5.95. The van der Waals surface area contributed by atoms with Gasteiger partial charge in [-0.25, -0.2) is 12.7 Å². The minimum absolute atomic E-state index is 0.0267. The molecule has 1 heterocycles. The summed E-state index contributed by atoms with van der Waals surface area (Å²) in [5.41, 5.74) is 3.96. The van der Waals surface area contributed by atoms with E-state index in [2.05, 4.69) is 21.2 Å². The SMILES string of the molecule is Cc1ccccc1[C@@H](NC(=O)C1CCN(S(=O)(=O)Cc2cccc(Br)c2)CC1)c1ccccc1. The van der Waals surface area contributed by atoms with Crippen LogP contribution in [0.1, 0.15) is 41.1 Å². The Morgan fingerprint density at radius 2 is 1.68 bits per heavy atom. The average Bonchev–Trinajstić information content (AvgIpc) is 2.83. The number of hydrogen-bond acceptors (Lipinski definition) is 3. The van der Waals surface area contributed by atoms with Crippen molar-refractivity contribution in [3.8, 4) is 0 Å². The van der Waals surface area contributed by atoms with Gasteiger partial charge in [0.2, 0.25) is 15.9 Å². The fourth-order valence-corrected chi connectivity index (χ4v) is 6.48. The van der Waals surface area contributed by atoms with Crippen LogP contribution in [0.4, 0.5) is 0 Å². The summed E-state index contributed by atoms with van der Waals surface area (Å²) in [6, 6.07) is 25.1. The number of halogens is 1. The van der Waals surface area contributed by atoms with Crippen molar-refractivity contribution in [2.45, 2.75) is 31.6 Å². The fourth-order valence-electron chi connectivity index (χ4n) is 4.48. The molecule has 7 heteroatoms. The molecule has 1 aliphatic rings. The van der Waals surface area contributed by atoms with Crippen LogP contribution >= 0.6 is 15.9 Å². The second-order valence-electron chi connectivity index (χ2n) is 8.77. The van der Waals surface area contributed by atoms with Gasteiger partial charge in [0, 0.05) is 23.5 Å². The van der Waals surface area contributed by atoms with Crippen LogP contribution in [0, 0.1) is 12.8 Å². The molecule has 0 bridgehead atoms. The minimum atomic E-state index is -3.44. The molecule has 1 saturated heterocycles. The van der Waals surface area contributed by atoms with E-state index in [-0.39, 0.29) is 23.6 Å². The quantitative estimate of drug-likeness (QED) is 0.447. The maximum absolute atomic E-state index is 13.3. The molecule has 1 N–H and O–H groups in total. The number of amides is 1. The summed E-state index contributed by atoms with van der Waals surface area (Å²) < 4.78 is 28.3. The first-order valence-corrected chi connectivity index (χ1v) is 13.9. The molecular weight excluding hydrogens is 512 g/mol. The Labute approximate surface area is 210 Å². The van der Waals surface area contributed by atoms with Crippen LogP contribution in [0.2, 0.25) is 0 Å². The van der Waals surface area contributed by atoms with Gasteiger partial charge in [-0.05, 0) is 54.2 Å². The first-order chi connectivity index (χ1) is 16.3. The molecule has 3 aromatic rings. The first kappa shape index (κ1) is 24.6. The monoisotopic (exact) mass is 540 g/mol. The summed E-state index contributed by atoms with van der Waals surface area (Å²) in [7, 11) is -3.44. The summed E-state index contributed by atoms with van der Waals surface area (Å²) >= 11 is 3.39. The second kappa shape index (κ2) is 10.8. The van der Waals surface area contributed by atoms with Crippen LogP contribution in [0.25, 0.3) is 0 Å². The molecule has 4 rings (SSSR count). The Bertz CT molecular complexity index is 1240. The van der Waals surface area contributed by atoms with Crippen molar-refractivity contribution in [3.63, 3.8) is 0 Å². The lowest BCUT2D eigenvalue weighted by Crippen LogP contribution is -2.44. The van der Waals surface area contributed by atoms with Gasteiger partial charge in [-0.2, -0.15) is 0 Å². The van der Waals surface area contributed by atoms with E-state index in [0.717, 1.165) is 26.7 Å². The Morgan fingerprint density at radius 1 is 1.00 bits per heavy atom. The highest BCUT2D eigenvalue weighted by Gasteiger charge is 2.32. The van der Waals surface area contributed by atoms with Crippen LogP contribution in [-0.2, 0) is 20.6 Å². The van der Waals surface area contributed by atoms with Crippen molar-refractivity contribution in [1.29, 1.82) is 0 Å². The van der Waals surface area contributed by atoms with Gasteiger partial charge in [0.1, 0.15) is 0 Å². The number of nitrogens with zero attached hydrogens (tertiary/aromatic N) is 1. The van der Waals surface area contributed by atoms with Gasteiger partial charge in [-0.3, -0.25) is 4.79 Å². The lowest BCUT2D eigenvalue weighted by molar-refractivity contribution is -0.126. The van der Waals surface area contributed by atoms with E-state index in [1.165, 1.54) is 4.31 Å². The van der Waals surface area contributed by atoms with E-state index in [1.807, 2.05) is 85.8 Å². The molecule has 1 amide bonds. The second-order valence-corrected chi connectivity index (χ2v) is 11.7. The molecule has 178 valence electrons. The largest absolute Gasteiger partial charge is 0.345 e. The van der Waals surface area contributed by atoms with E-state index in [4.69, 9.17) is 0 Å². The average molecular weight is 542 g/mol. The number of carbonyl (C=O) groups is 1. The van der Waals surface area contributed by atoms with Crippen LogP contribution in [0.15, 0.2) is 83.3 Å². The van der Waals surface area contributed by atoms with E-state index < -0.39 is 10.0 Å². The van der Waals surface area contributed by atoms with E-state index >= 15 is 0 Å². The zero-order valence-electron chi connectivity index (χ0n) is 19.2. The Balaban J connectivity index is 1.42. The number of piperidine rings is 1. The topological polar surface area (TPSA) is 66.5 Å². The van der Waals surface area contributed by atoms with Crippen LogP contribution in [0.3, 0.4) is 0 Å². The lowest BCUT2D eigenvalue weighted by atomic mass is 9.92. The lowest BCUT2D eigenvalue weighted by Gasteiger charge is -2.32. The van der Waals surface area contributed by atoms with Gasteiger partial charge in [0.15, 0.2) is 0 Å². The van der Waals surface area contributed by atoms with Gasteiger partial charge in [0.05, 0.1) is 11.8 Å². The standard InChI is InChI=1S/C27H29BrN2O3S/c1-20-8-5-6-13-25(20)26(22-10-3-2-4-11-22)29-27(31)23-14-16-30(17-15-23)34(32,33)19-21-9-7-12-24(28)18-21/h2-13,18,23,26H,14-17,19H2,1H3,(H,29,31)/t26-/m0/s1. The molecule has 0 aliphatic carbocycles. The number of aryl methyl sites for hydroxylation is 1. The molecule has 0 spiro atoms. The van der Waals surface area contributed by atoms with Crippen molar-refractivity contribution in [1.82, 2.24) is 9.62 Å². The van der Waals surface area contributed by atoms with Gasteiger partial charge < -0.3 is 5.32 Å². The van der Waals surface area contributed by atoms with Crippen LogP contribution < -0.4 is 5.32 Å². The summed E-state index contributed by atoms with van der Waals surface area (Å²) in [5.74, 6) is -0.277. The van der Waals surface area contributed by atoms with E-state index in [0.29, 0.717) is 25.9 Å². The van der Waals surface area contributed by atoms with Gasteiger partial charge >= 0.3 is 0 Å². The third-order valence-electron chi connectivity index (χ3n) is 6.38. The maximum Gasteiger partial charge on any atom is 0.223 e. The molecule has 34 heavy (non-hydrogen) atoms. The summed E-state index contributed by atoms with van der Waals surface area (Å²) in [4.78, 5) is 13.3. The predicted molar refractivity (Wildman–Crippen MR) is 139 cm³/mol. The zero-order chi connectivity index (χ0) is 24.1. The molecule has 0 radical (unpaired) electrons. The van der Waals surface area contributed by atoms with E-state index in [9.17, 15) is 13.2 Å². The zero-order valence-corrected chi connectivity index (χ0v) is 21.6. The smallest absolute Gasteiger partial charge is 0.223 e. The number of carbonyl (C=O) groups excluding carboxylic acids is 1. The molecule has 5 nitrogen and oxygen atoms in total. The van der Waals surface area contributed by atoms with Crippen molar-refractivity contribution in [2.75, 3.05) is 13.1 Å². The van der Waals surface area contributed by atoms with Crippen LogP contribution in [-0.4, -0.2) is 31.7 Å². The molecule has 1 fully saturated rings. The normalized spacial score (nSPS) is 16.2. The first-order valence-electron chi connectivity index (χ1n) is 11.5. The van der Waals surface area contributed by atoms with Crippen molar-refractivity contribution in [2.24, 2.45) is 5.92 Å². The minimum Gasteiger partial charge on any atom is -0.345 e. The molecular formula is C27H29BrN2O3S. The number of nitrogens with one attached hydrogen (secondary N) is 1. The number of rotatable bonds is 7.